The maximum atomic E-state index is 12.3. The quantitative estimate of drug-likeness (QED) is 0.785. The second-order valence-corrected chi connectivity index (χ2v) is 6.36. The van der Waals surface area contributed by atoms with Crippen LogP contribution in [0.2, 0.25) is 0 Å². The Kier molecular flexibility index (Phi) is 4.62. The first-order valence-corrected chi connectivity index (χ1v) is 7.32. The molecule has 0 aromatic heterocycles. The van der Waals surface area contributed by atoms with E-state index in [-0.39, 0.29) is 11.3 Å². The average Bonchev–Trinajstić information content (AvgIpc) is 2.82. The van der Waals surface area contributed by atoms with Crippen molar-refractivity contribution >= 4 is 5.91 Å². The monoisotopic (exact) mass is 253 g/mol. The van der Waals surface area contributed by atoms with Gasteiger partial charge < -0.3 is 10.6 Å². The Morgan fingerprint density at radius 1 is 1.28 bits per heavy atom. The van der Waals surface area contributed by atoms with E-state index in [9.17, 15) is 4.79 Å². The lowest BCUT2D eigenvalue weighted by atomic mass is 9.90. The molecule has 1 saturated carbocycles. The minimum absolute atomic E-state index is 0.230. The number of rotatable bonds is 4. The van der Waals surface area contributed by atoms with Crippen molar-refractivity contribution < 1.29 is 4.79 Å². The number of amides is 1. The summed E-state index contributed by atoms with van der Waals surface area (Å²) in [6.07, 6.45) is 4.86. The van der Waals surface area contributed by atoms with Gasteiger partial charge in [-0.2, -0.15) is 0 Å². The fourth-order valence-corrected chi connectivity index (χ4v) is 2.95. The van der Waals surface area contributed by atoms with Gasteiger partial charge in [0.2, 0.25) is 5.91 Å². The van der Waals surface area contributed by atoms with Crippen LogP contribution in [0.1, 0.15) is 39.5 Å². The molecule has 0 atom stereocenters. The normalized spacial score (nSPS) is 23.2. The Morgan fingerprint density at radius 2 is 1.89 bits per heavy atom. The van der Waals surface area contributed by atoms with Crippen LogP contribution in [0.25, 0.3) is 0 Å². The van der Waals surface area contributed by atoms with Gasteiger partial charge in [-0.15, -0.1) is 0 Å². The van der Waals surface area contributed by atoms with Crippen LogP contribution < -0.4 is 10.6 Å². The molecule has 0 radical (unpaired) electrons. The van der Waals surface area contributed by atoms with Crippen molar-refractivity contribution in [3.8, 4) is 0 Å². The Morgan fingerprint density at radius 3 is 2.50 bits per heavy atom. The van der Waals surface area contributed by atoms with E-state index in [0.717, 1.165) is 45.6 Å². The second-order valence-electron chi connectivity index (χ2n) is 6.36. The molecular formula is C14H27N3O. The highest BCUT2D eigenvalue weighted by molar-refractivity contribution is 5.82. The topological polar surface area (TPSA) is 44.4 Å². The van der Waals surface area contributed by atoms with Crippen LogP contribution in [0.4, 0.5) is 0 Å². The van der Waals surface area contributed by atoms with Gasteiger partial charge in [0.15, 0.2) is 0 Å². The number of piperazine rings is 1. The van der Waals surface area contributed by atoms with Crippen molar-refractivity contribution in [2.75, 3.05) is 32.7 Å². The first-order chi connectivity index (χ1) is 8.58. The summed E-state index contributed by atoms with van der Waals surface area (Å²) in [7, 11) is 0. The molecule has 1 aliphatic carbocycles. The van der Waals surface area contributed by atoms with Gasteiger partial charge in [0.25, 0.3) is 0 Å². The van der Waals surface area contributed by atoms with Gasteiger partial charge in [-0.3, -0.25) is 9.69 Å². The number of hydrogen-bond donors (Lipinski definition) is 2. The number of nitrogens with zero attached hydrogens (tertiary/aromatic N) is 1. The average molecular weight is 253 g/mol. The molecule has 0 unspecified atom stereocenters. The van der Waals surface area contributed by atoms with Gasteiger partial charge in [0.05, 0.1) is 5.41 Å². The van der Waals surface area contributed by atoms with Gasteiger partial charge in [-0.1, -0.05) is 12.8 Å². The molecule has 4 nitrogen and oxygen atoms in total. The van der Waals surface area contributed by atoms with Gasteiger partial charge in [0.1, 0.15) is 0 Å². The van der Waals surface area contributed by atoms with Gasteiger partial charge >= 0.3 is 0 Å². The third-order valence-electron chi connectivity index (χ3n) is 4.13. The Hall–Kier alpha value is -0.610. The number of nitrogens with one attached hydrogen (secondary N) is 2. The lowest BCUT2D eigenvalue weighted by Crippen LogP contribution is -2.51. The van der Waals surface area contributed by atoms with Gasteiger partial charge in [-0.05, 0) is 26.7 Å². The molecule has 2 fully saturated rings. The Labute approximate surface area is 110 Å². The van der Waals surface area contributed by atoms with E-state index in [4.69, 9.17) is 0 Å². The van der Waals surface area contributed by atoms with Crippen LogP contribution in [0.15, 0.2) is 0 Å². The lowest BCUT2D eigenvalue weighted by Gasteiger charge is -2.34. The minimum atomic E-state index is -0.278. The molecule has 4 heteroatoms. The summed E-state index contributed by atoms with van der Waals surface area (Å²) < 4.78 is 0. The predicted octanol–water partition coefficient (Wildman–Crippen LogP) is 0.977. The van der Waals surface area contributed by atoms with E-state index in [2.05, 4.69) is 29.4 Å². The molecular weight excluding hydrogens is 226 g/mol. The summed E-state index contributed by atoms with van der Waals surface area (Å²) in [6.45, 7) is 9.20. The van der Waals surface area contributed by atoms with E-state index < -0.39 is 0 Å². The molecule has 2 rings (SSSR count). The molecule has 104 valence electrons. The molecule has 1 saturated heterocycles. The highest BCUT2D eigenvalue weighted by Crippen LogP contribution is 2.22. The van der Waals surface area contributed by atoms with Crippen molar-refractivity contribution in [1.82, 2.24) is 15.5 Å². The molecule has 0 aromatic carbocycles. The van der Waals surface area contributed by atoms with Crippen molar-refractivity contribution in [3.63, 3.8) is 0 Å². The van der Waals surface area contributed by atoms with E-state index in [1.807, 2.05) is 0 Å². The highest BCUT2D eigenvalue weighted by atomic mass is 16.2. The van der Waals surface area contributed by atoms with Crippen molar-refractivity contribution in [3.05, 3.63) is 0 Å². The number of carbonyl (C=O) groups is 1. The van der Waals surface area contributed by atoms with E-state index in [1.165, 1.54) is 12.8 Å². The molecule has 2 aliphatic rings. The van der Waals surface area contributed by atoms with Gasteiger partial charge in [0, 0.05) is 38.8 Å². The smallest absolute Gasteiger partial charge is 0.227 e. The molecule has 0 bridgehead atoms. The van der Waals surface area contributed by atoms with Crippen LogP contribution in [-0.4, -0.2) is 49.6 Å². The van der Waals surface area contributed by atoms with Crippen molar-refractivity contribution in [1.29, 1.82) is 0 Å². The largest absolute Gasteiger partial charge is 0.353 e. The van der Waals surface area contributed by atoms with E-state index >= 15 is 0 Å². The maximum Gasteiger partial charge on any atom is 0.227 e. The molecule has 2 N–H and O–H groups in total. The predicted molar refractivity (Wildman–Crippen MR) is 73.5 cm³/mol. The summed E-state index contributed by atoms with van der Waals surface area (Å²) in [6, 6.07) is 0.430. The van der Waals surface area contributed by atoms with Crippen LogP contribution >= 0.6 is 0 Å². The highest BCUT2D eigenvalue weighted by Gasteiger charge is 2.32. The van der Waals surface area contributed by atoms with Crippen LogP contribution in [0.5, 0.6) is 0 Å². The summed E-state index contributed by atoms with van der Waals surface area (Å²) in [4.78, 5) is 14.7. The number of carbonyl (C=O) groups excluding carboxylic acids is 1. The summed E-state index contributed by atoms with van der Waals surface area (Å²) in [5.41, 5.74) is -0.278. The minimum Gasteiger partial charge on any atom is -0.353 e. The maximum absolute atomic E-state index is 12.3. The van der Waals surface area contributed by atoms with Crippen LogP contribution in [0, 0.1) is 5.41 Å². The second kappa shape index (κ2) is 6.02. The lowest BCUT2D eigenvalue weighted by molar-refractivity contribution is -0.131. The number of hydrogen-bond acceptors (Lipinski definition) is 3. The first kappa shape index (κ1) is 13.8. The standard InChI is InChI=1S/C14H27N3O/c1-14(2,11-17-9-7-15-8-10-17)13(18)16-12-5-3-4-6-12/h12,15H,3-11H2,1-2H3,(H,16,18). The molecule has 0 aromatic rings. The van der Waals surface area contributed by atoms with E-state index in [1.54, 1.807) is 0 Å². The fraction of sp³-hybridized carbons (Fsp3) is 0.929. The first-order valence-electron chi connectivity index (χ1n) is 7.32. The van der Waals surface area contributed by atoms with Crippen molar-refractivity contribution in [2.24, 2.45) is 5.41 Å². The van der Waals surface area contributed by atoms with Gasteiger partial charge in [-0.25, -0.2) is 0 Å². The molecule has 0 spiro atoms. The van der Waals surface area contributed by atoms with Crippen LogP contribution in [0.3, 0.4) is 0 Å². The Bertz CT molecular complexity index is 279. The van der Waals surface area contributed by atoms with Crippen LogP contribution in [-0.2, 0) is 4.79 Å². The zero-order chi connectivity index (χ0) is 13.0. The third-order valence-corrected chi connectivity index (χ3v) is 4.13. The molecule has 1 amide bonds. The molecule has 1 aliphatic heterocycles. The molecule has 1 heterocycles. The fourth-order valence-electron chi connectivity index (χ4n) is 2.95. The summed E-state index contributed by atoms with van der Waals surface area (Å²) in [5, 5.41) is 6.57. The Balaban J connectivity index is 1.81. The third kappa shape index (κ3) is 3.69. The SMILES string of the molecule is CC(C)(CN1CCNCC1)C(=O)NC1CCCC1. The zero-order valence-electron chi connectivity index (χ0n) is 11.8. The summed E-state index contributed by atoms with van der Waals surface area (Å²) in [5.74, 6) is 0.230. The summed E-state index contributed by atoms with van der Waals surface area (Å²) >= 11 is 0. The molecule has 18 heavy (non-hydrogen) atoms. The van der Waals surface area contributed by atoms with Crippen molar-refractivity contribution in [2.45, 2.75) is 45.6 Å². The zero-order valence-corrected chi connectivity index (χ0v) is 11.8. The van der Waals surface area contributed by atoms with E-state index in [0.29, 0.717) is 6.04 Å².